The first-order valence-corrected chi connectivity index (χ1v) is 7.28. The van der Waals surface area contributed by atoms with Gasteiger partial charge in [-0.3, -0.25) is 0 Å². The molecule has 0 saturated heterocycles. The Kier molecular flexibility index (Phi) is 4.90. The van der Waals surface area contributed by atoms with Crippen molar-refractivity contribution in [1.29, 1.82) is 0 Å². The molecular weight excluding hydrogens is 248 g/mol. The van der Waals surface area contributed by atoms with E-state index in [4.69, 9.17) is 4.98 Å². The molecule has 20 heavy (non-hydrogen) atoms. The van der Waals surface area contributed by atoms with Gasteiger partial charge in [0, 0.05) is 24.6 Å². The van der Waals surface area contributed by atoms with Gasteiger partial charge in [0.1, 0.15) is 0 Å². The summed E-state index contributed by atoms with van der Waals surface area (Å²) in [6.45, 7) is 10.7. The molecule has 108 valence electrons. The summed E-state index contributed by atoms with van der Waals surface area (Å²) in [5.74, 6) is 1.96. The standard InChI is InChI=1S/C16H24N4/c1-12(2)10-17-11-14-8-15(13(3)4)19-16(9-14)20-7-5-6-18-20/h5-9,12-13,17H,10-11H2,1-4H3. The number of pyridine rings is 1. The van der Waals surface area contributed by atoms with Gasteiger partial charge in [0.15, 0.2) is 5.82 Å². The third-order valence-corrected chi connectivity index (χ3v) is 3.10. The average molecular weight is 272 g/mol. The molecule has 4 heteroatoms. The summed E-state index contributed by atoms with van der Waals surface area (Å²) in [6, 6.07) is 6.21. The van der Waals surface area contributed by atoms with Crippen LogP contribution in [0.3, 0.4) is 0 Å². The molecule has 0 aromatic carbocycles. The summed E-state index contributed by atoms with van der Waals surface area (Å²) < 4.78 is 1.82. The normalized spacial score (nSPS) is 11.5. The third-order valence-electron chi connectivity index (χ3n) is 3.10. The van der Waals surface area contributed by atoms with Crippen molar-refractivity contribution in [1.82, 2.24) is 20.1 Å². The van der Waals surface area contributed by atoms with Crippen molar-refractivity contribution >= 4 is 0 Å². The molecule has 0 spiro atoms. The van der Waals surface area contributed by atoms with Crippen LogP contribution in [0.15, 0.2) is 30.6 Å². The Morgan fingerprint density at radius 2 is 2.00 bits per heavy atom. The van der Waals surface area contributed by atoms with Gasteiger partial charge in [-0.05, 0) is 42.1 Å². The number of hydrogen-bond acceptors (Lipinski definition) is 3. The van der Waals surface area contributed by atoms with E-state index in [0.29, 0.717) is 11.8 Å². The average Bonchev–Trinajstić information content (AvgIpc) is 2.91. The fourth-order valence-electron chi connectivity index (χ4n) is 2.02. The van der Waals surface area contributed by atoms with Crippen molar-refractivity contribution < 1.29 is 0 Å². The lowest BCUT2D eigenvalue weighted by Crippen LogP contribution is -2.19. The number of nitrogens with one attached hydrogen (secondary N) is 1. The molecule has 0 amide bonds. The van der Waals surface area contributed by atoms with Crippen LogP contribution in [0, 0.1) is 5.92 Å². The minimum atomic E-state index is 0.411. The van der Waals surface area contributed by atoms with Crippen molar-refractivity contribution in [3.8, 4) is 5.82 Å². The molecule has 0 unspecified atom stereocenters. The Labute approximate surface area is 121 Å². The van der Waals surface area contributed by atoms with E-state index in [1.807, 2.05) is 16.9 Å². The van der Waals surface area contributed by atoms with E-state index in [9.17, 15) is 0 Å². The molecule has 0 radical (unpaired) electrons. The zero-order chi connectivity index (χ0) is 14.5. The maximum atomic E-state index is 4.69. The molecule has 1 N–H and O–H groups in total. The van der Waals surface area contributed by atoms with E-state index >= 15 is 0 Å². The SMILES string of the molecule is CC(C)CNCc1cc(C(C)C)nc(-n2cccn2)c1. The van der Waals surface area contributed by atoms with Crippen molar-refractivity contribution in [3.63, 3.8) is 0 Å². The van der Waals surface area contributed by atoms with E-state index in [0.717, 1.165) is 24.6 Å². The summed E-state index contributed by atoms with van der Waals surface area (Å²) in [4.78, 5) is 4.69. The summed E-state index contributed by atoms with van der Waals surface area (Å²) in [5, 5.41) is 7.75. The van der Waals surface area contributed by atoms with Gasteiger partial charge in [-0.15, -0.1) is 0 Å². The number of hydrogen-bond donors (Lipinski definition) is 1. The lowest BCUT2D eigenvalue weighted by Gasteiger charge is -2.12. The van der Waals surface area contributed by atoms with E-state index < -0.39 is 0 Å². The molecular formula is C16H24N4. The Hall–Kier alpha value is -1.68. The Morgan fingerprint density at radius 1 is 1.20 bits per heavy atom. The first kappa shape index (κ1) is 14.7. The van der Waals surface area contributed by atoms with Gasteiger partial charge < -0.3 is 5.32 Å². The summed E-state index contributed by atoms with van der Waals surface area (Å²) in [5.41, 5.74) is 2.37. The van der Waals surface area contributed by atoms with Crippen molar-refractivity contribution in [2.75, 3.05) is 6.54 Å². The van der Waals surface area contributed by atoms with E-state index in [-0.39, 0.29) is 0 Å². The molecule has 2 rings (SSSR count). The van der Waals surface area contributed by atoms with Gasteiger partial charge in [-0.2, -0.15) is 5.10 Å². The highest BCUT2D eigenvalue weighted by molar-refractivity contribution is 5.31. The van der Waals surface area contributed by atoms with Gasteiger partial charge in [0.05, 0.1) is 0 Å². The minimum absolute atomic E-state index is 0.411. The van der Waals surface area contributed by atoms with Crippen molar-refractivity contribution in [2.45, 2.75) is 40.2 Å². The summed E-state index contributed by atoms with van der Waals surface area (Å²) in [7, 11) is 0. The predicted molar refractivity (Wildman–Crippen MR) is 82.0 cm³/mol. The molecule has 0 aliphatic heterocycles. The van der Waals surface area contributed by atoms with E-state index in [2.05, 4.69) is 50.2 Å². The van der Waals surface area contributed by atoms with Gasteiger partial charge in [-0.1, -0.05) is 27.7 Å². The fourth-order valence-corrected chi connectivity index (χ4v) is 2.02. The van der Waals surface area contributed by atoms with Crippen LogP contribution in [-0.2, 0) is 6.54 Å². The van der Waals surface area contributed by atoms with Crippen LogP contribution in [-0.4, -0.2) is 21.3 Å². The monoisotopic (exact) mass is 272 g/mol. The van der Waals surface area contributed by atoms with Crippen LogP contribution >= 0.6 is 0 Å². The predicted octanol–water partition coefficient (Wildman–Crippen LogP) is 3.14. The number of rotatable bonds is 6. The highest BCUT2D eigenvalue weighted by Gasteiger charge is 2.08. The second-order valence-corrected chi connectivity index (χ2v) is 5.89. The zero-order valence-corrected chi connectivity index (χ0v) is 12.8. The molecule has 0 atom stereocenters. The van der Waals surface area contributed by atoms with E-state index in [1.165, 1.54) is 5.56 Å². The Morgan fingerprint density at radius 3 is 2.60 bits per heavy atom. The summed E-state index contributed by atoms with van der Waals surface area (Å²) in [6.07, 6.45) is 3.71. The molecule has 0 fully saturated rings. The highest BCUT2D eigenvalue weighted by Crippen LogP contribution is 2.17. The molecule has 0 aliphatic carbocycles. The molecule has 2 aromatic rings. The first-order chi connectivity index (χ1) is 9.56. The smallest absolute Gasteiger partial charge is 0.153 e. The quantitative estimate of drug-likeness (QED) is 0.878. The highest BCUT2D eigenvalue weighted by atomic mass is 15.3. The van der Waals surface area contributed by atoms with Crippen molar-refractivity contribution in [2.24, 2.45) is 5.92 Å². The maximum Gasteiger partial charge on any atom is 0.153 e. The second-order valence-electron chi connectivity index (χ2n) is 5.89. The second kappa shape index (κ2) is 6.66. The maximum absolute atomic E-state index is 4.69. The molecule has 0 aliphatic rings. The first-order valence-electron chi connectivity index (χ1n) is 7.28. The number of aromatic nitrogens is 3. The molecule has 0 bridgehead atoms. The molecule has 2 heterocycles. The Balaban J connectivity index is 2.22. The zero-order valence-electron chi connectivity index (χ0n) is 12.8. The molecule has 2 aromatic heterocycles. The van der Waals surface area contributed by atoms with Crippen LogP contribution in [0.4, 0.5) is 0 Å². The van der Waals surface area contributed by atoms with Gasteiger partial charge in [0.2, 0.25) is 0 Å². The van der Waals surface area contributed by atoms with Gasteiger partial charge >= 0.3 is 0 Å². The van der Waals surface area contributed by atoms with Crippen LogP contribution < -0.4 is 5.32 Å². The topological polar surface area (TPSA) is 42.7 Å². The lowest BCUT2D eigenvalue weighted by molar-refractivity contribution is 0.551. The van der Waals surface area contributed by atoms with Crippen molar-refractivity contribution in [3.05, 3.63) is 41.9 Å². The van der Waals surface area contributed by atoms with Crippen LogP contribution in [0.25, 0.3) is 5.82 Å². The fraction of sp³-hybridized carbons (Fsp3) is 0.500. The van der Waals surface area contributed by atoms with Gasteiger partial charge in [0.25, 0.3) is 0 Å². The minimum Gasteiger partial charge on any atom is -0.312 e. The van der Waals surface area contributed by atoms with Crippen LogP contribution in [0.2, 0.25) is 0 Å². The number of nitrogens with zero attached hydrogens (tertiary/aromatic N) is 3. The molecule has 4 nitrogen and oxygen atoms in total. The largest absolute Gasteiger partial charge is 0.312 e. The molecule has 0 saturated carbocycles. The van der Waals surface area contributed by atoms with E-state index in [1.54, 1.807) is 6.20 Å². The van der Waals surface area contributed by atoms with Crippen LogP contribution in [0.1, 0.15) is 44.9 Å². The van der Waals surface area contributed by atoms with Crippen LogP contribution in [0.5, 0.6) is 0 Å². The third kappa shape index (κ3) is 3.90. The lowest BCUT2D eigenvalue weighted by atomic mass is 10.1. The van der Waals surface area contributed by atoms with Gasteiger partial charge in [-0.25, -0.2) is 9.67 Å². The Bertz CT molecular complexity index is 529. The summed E-state index contributed by atoms with van der Waals surface area (Å²) >= 11 is 0.